The average Bonchev–Trinajstić information content (AvgIpc) is 3.42. The van der Waals surface area contributed by atoms with Crippen LogP contribution >= 0.6 is 0 Å². The van der Waals surface area contributed by atoms with E-state index in [4.69, 9.17) is 4.74 Å². The fourth-order valence-electron chi connectivity index (χ4n) is 4.09. The van der Waals surface area contributed by atoms with E-state index in [1.54, 1.807) is 33.4 Å². The van der Waals surface area contributed by atoms with Crippen molar-refractivity contribution in [1.29, 1.82) is 0 Å². The van der Waals surface area contributed by atoms with Gasteiger partial charge in [0.25, 0.3) is 0 Å². The number of hydrogen-bond donors (Lipinski definition) is 3. The fraction of sp³-hybridized carbons (Fsp3) is 0.469. The normalized spacial score (nSPS) is 11.8. The van der Waals surface area contributed by atoms with Gasteiger partial charge in [0.05, 0.1) is 36.6 Å². The third kappa shape index (κ3) is 10.4. The molecule has 12 nitrogen and oxygen atoms in total. The highest BCUT2D eigenvalue weighted by molar-refractivity contribution is 5.92. The van der Waals surface area contributed by atoms with Gasteiger partial charge in [0.1, 0.15) is 11.9 Å². The van der Waals surface area contributed by atoms with Gasteiger partial charge in [-0.1, -0.05) is 24.8 Å². The fourth-order valence-corrected chi connectivity index (χ4v) is 4.09. The lowest BCUT2D eigenvalue weighted by molar-refractivity contribution is -0.135. The molecule has 1 aromatic carbocycles. The molecule has 0 spiro atoms. The average molecular weight is 604 g/mol. The number of fused-ring (bicyclic) bond motifs is 1. The Hall–Kier alpha value is -4.47. The molecule has 0 unspecified atom stereocenters. The molecule has 1 atom stereocenters. The molecule has 2 amide bonds. The van der Waals surface area contributed by atoms with Crippen LogP contribution in [0, 0.1) is 11.8 Å². The number of aromatic nitrogens is 4. The van der Waals surface area contributed by atoms with E-state index in [-0.39, 0.29) is 11.8 Å². The van der Waals surface area contributed by atoms with Crippen molar-refractivity contribution in [2.75, 3.05) is 65.1 Å². The van der Waals surface area contributed by atoms with Gasteiger partial charge in [0.15, 0.2) is 0 Å². The molecule has 44 heavy (non-hydrogen) atoms. The van der Waals surface area contributed by atoms with Crippen molar-refractivity contribution in [2.45, 2.75) is 45.7 Å². The number of nitrogens with zero attached hydrogens (tertiary/aromatic N) is 6. The van der Waals surface area contributed by atoms with E-state index in [0.717, 1.165) is 29.6 Å². The van der Waals surface area contributed by atoms with Crippen LogP contribution in [0.3, 0.4) is 0 Å². The first-order chi connectivity index (χ1) is 21.2. The van der Waals surface area contributed by atoms with Crippen LogP contribution in [0.4, 0.5) is 17.5 Å². The minimum atomic E-state index is -0.575. The van der Waals surface area contributed by atoms with Gasteiger partial charge in [-0.3, -0.25) is 14.3 Å². The number of rotatable bonds is 16. The summed E-state index contributed by atoms with van der Waals surface area (Å²) in [6.07, 6.45) is 9.03. The Morgan fingerprint density at radius 3 is 2.75 bits per heavy atom. The van der Waals surface area contributed by atoms with E-state index in [1.807, 2.05) is 48.1 Å². The molecule has 0 aliphatic heterocycles. The Morgan fingerprint density at radius 2 is 2.00 bits per heavy atom. The molecule has 0 radical (unpaired) electrons. The third-order valence-electron chi connectivity index (χ3n) is 6.78. The number of anilines is 3. The summed E-state index contributed by atoms with van der Waals surface area (Å²) in [4.78, 5) is 37.4. The topological polar surface area (TPSA) is 130 Å². The van der Waals surface area contributed by atoms with Crippen LogP contribution in [0.15, 0.2) is 42.7 Å². The second kappa shape index (κ2) is 17.6. The van der Waals surface area contributed by atoms with E-state index in [0.29, 0.717) is 56.4 Å². The van der Waals surface area contributed by atoms with E-state index >= 15 is 0 Å². The first-order valence-corrected chi connectivity index (χ1v) is 14.9. The Bertz CT molecular complexity index is 1470. The third-order valence-corrected chi connectivity index (χ3v) is 6.78. The van der Waals surface area contributed by atoms with Crippen LogP contribution in [-0.2, 0) is 20.9 Å². The van der Waals surface area contributed by atoms with Gasteiger partial charge < -0.3 is 30.5 Å². The molecule has 3 N–H and O–H groups in total. The van der Waals surface area contributed by atoms with Gasteiger partial charge in [0, 0.05) is 57.4 Å². The summed E-state index contributed by atoms with van der Waals surface area (Å²) in [5.41, 5.74) is 2.56. The van der Waals surface area contributed by atoms with Crippen molar-refractivity contribution in [3.63, 3.8) is 0 Å². The van der Waals surface area contributed by atoms with E-state index in [2.05, 4.69) is 49.8 Å². The Kier molecular flexibility index (Phi) is 13.6. The molecular formula is C32H45N9O3. The van der Waals surface area contributed by atoms with Crippen LogP contribution in [-0.4, -0.2) is 102 Å². The van der Waals surface area contributed by atoms with Gasteiger partial charge in [-0.25, -0.2) is 4.98 Å². The predicted octanol–water partition coefficient (Wildman–Crippen LogP) is 3.25. The molecule has 2 heterocycles. The molecule has 236 valence electrons. The van der Waals surface area contributed by atoms with Crippen molar-refractivity contribution in [3.8, 4) is 11.8 Å². The zero-order chi connectivity index (χ0) is 31.9. The monoisotopic (exact) mass is 603 g/mol. The maximum Gasteiger partial charge on any atom is 0.246 e. The molecule has 0 bridgehead atoms. The molecule has 3 aromatic rings. The minimum Gasteiger partial charge on any atom is -0.383 e. The largest absolute Gasteiger partial charge is 0.383 e. The Morgan fingerprint density at radius 1 is 1.18 bits per heavy atom. The number of nitrogens with one attached hydrogen (secondary N) is 3. The van der Waals surface area contributed by atoms with Crippen molar-refractivity contribution >= 4 is 40.2 Å². The molecule has 0 saturated carbocycles. The van der Waals surface area contributed by atoms with Gasteiger partial charge in [-0.05, 0) is 52.1 Å². The highest BCUT2D eigenvalue weighted by Gasteiger charge is 2.20. The number of benzene rings is 1. The van der Waals surface area contributed by atoms with Crippen molar-refractivity contribution < 1.29 is 14.3 Å². The van der Waals surface area contributed by atoms with E-state index < -0.39 is 6.04 Å². The maximum absolute atomic E-state index is 12.5. The van der Waals surface area contributed by atoms with Crippen LogP contribution in [0.1, 0.15) is 38.7 Å². The lowest BCUT2D eigenvalue weighted by atomic mass is 10.2. The summed E-state index contributed by atoms with van der Waals surface area (Å²) in [5, 5.41) is 15.0. The summed E-state index contributed by atoms with van der Waals surface area (Å²) in [6.45, 7) is 6.92. The maximum atomic E-state index is 12.5. The summed E-state index contributed by atoms with van der Waals surface area (Å²) in [6, 6.07) is 5.43. The van der Waals surface area contributed by atoms with Crippen LogP contribution in [0.5, 0.6) is 0 Å². The number of unbranched alkanes of at least 4 members (excludes halogenated alkanes) is 1. The Balaban J connectivity index is 1.55. The van der Waals surface area contributed by atoms with Crippen molar-refractivity contribution in [2.24, 2.45) is 0 Å². The number of carbonyl (C=O) groups is 2. The summed E-state index contributed by atoms with van der Waals surface area (Å²) < 4.78 is 7.11. The molecule has 0 aliphatic carbocycles. The van der Waals surface area contributed by atoms with Gasteiger partial charge in [-0.2, -0.15) is 10.1 Å². The smallest absolute Gasteiger partial charge is 0.246 e. The van der Waals surface area contributed by atoms with Crippen LogP contribution < -0.4 is 16.0 Å². The minimum absolute atomic E-state index is 0.198. The molecule has 0 fully saturated rings. The van der Waals surface area contributed by atoms with Gasteiger partial charge >= 0.3 is 0 Å². The first kappa shape index (κ1) is 34.0. The lowest BCUT2D eigenvalue weighted by Crippen LogP contribution is -2.45. The standard InChI is InChI=1S/C32H45N9O3/c1-7-16-33-30-26(12-9-8-10-17-34-31(43)24(2)40(5)29(42)13-11-18-39(3)4)22-35-32(38-30)37-27-15-14-25-23-36-41(19-20-44-6)28(25)21-27/h11,13-15,21-24H,7-8,10,16-20H2,1-6H3,(H,34,43)(H2,33,35,37,38)/t24-/m0/s1. The molecule has 0 saturated heterocycles. The molecule has 0 aliphatic rings. The molecule has 12 heteroatoms. The Labute approximate surface area is 260 Å². The highest BCUT2D eigenvalue weighted by atomic mass is 16.5. The predicted molar refractivity (Wildman–Crippen MR) is 175 cm³/mol. The van der Waals surface area contributed by atoms with Gasteiger partial charge in [0.2, 0.25) is 17.8 Å². The van der Waals surface area contributed by atoms with Gasteiger partial charge in [-0.15, -0.1) is 0 Å². The lowest BCUT2D eigenvalue weighted by Gasteiger charge is -2.23. The summed E-state index contributed by atoms with van der Waals surface area (Å²) in [5.74, 6) is 7.06. The highest BCUT2D eigenvalue weighted by Crippen LogP contribution is 2.22. The molecule has 3 rings (SSSR count). The van der Waals surface area contributed by atoms with Crippen molar-refractivity contribution in [3.05, 3.63) is 48.3 Å². The number of hydrogen-bond acceptors (Lipinski definition) is 9. The van der Waals surface area contributed by atoms with Crippen LogP contribution in [0.25, 0.3) is 10.9 Å². The quantitative estimate of drug-likeness (QED) is 0.128. The van der Waals surface area contributed by atoms with Crippen molar-refractivity contribution in [1.82, 2.24) is 34.9 Å². The number of ether oxygens (including phenoxy) is 1. The number of methoxy groups -OCH3 is 1. The summed E-state index contributed by atoms with van der Waals surface area (Å²) in [7, 11) is 7.15. The molecule has 2 aromatic heterocycles. The number of amides is 2. The number of carbonyl (C=O) groups excluding carboxylic acids is 2. The number of likely N-dealkylation sites (N-methyl/N-ethyl adjacent to an activating group) is 2. The van der Waals surface area contributed by atoms with E-state index in [9.17, 15) is 9.59 Å². The zero-order valence-electron chi connectivity index (χ0n) is 26.7. The summed E-state index contributed by atoms with van der Waals surface area (Å²) >= 11 is 0. The van der Waals surface area contributed by atoms with Crippen LogP contribution in [0.2, 0.25) is 0 Å². The second-order valence-corrected chi connectivity index (χ2v) is 10.6. The second-order valence-electron chi connectivity index (χ2n) is 10.6. The first-order valence-electron chi connectivity index (χ1n) is 14.9. The SMILES string of the molecule is CCCNc1nc(Nc2ccc3cnn(CCOC)c3c2)ncc1C#CCCCNC(=O)[C@H](C)N(C)C(=O)C=CCN(C)C. The zero-order valence-corrected chi connectivity index (χ0v) is 26.7. The molecular weight excluding hydrogens is 558 g/mol. The van der Waals surface area contributed by atoms with E-state index in [1.165, 1.54) is 11.0 Å².